The molecule has 26 heavy (non-hydrogen) atoms. The number of nitrogens with zero attached hydrogens (tertiary/aromatic N) is 1. The van der Waals surface area contributed by atoms with Crippen LogP contribution in [-0.2, 0) is 9.59 Å². The predicted molar refractivity (Wildman–Crippen MR) is 98.5 cm³/mol. The fraction of sp³-hybridized carbons (Fsp3) is 0.286. The Balaban J connectivity index is 1.68. The SMILES string of the molecule is CC(=O)c1ccc(OC(=O)[C@H]2CC(=O)N(c3ccc(C)c(C)c3)C2)cc1. The van der Waals surface area contributed by atoms with Crippen molar-refractivity contribution in [3.05, 3.63) is 59.2 Å². The predicted octanol–water partition coefficient (Wildman–Crippen LogP) is 3.46. The minimum absolute atomic E-state index is 0.0479. The average molecular weight is 351 g/mol. The van der Waals surface area contributed by atoms with Crippen molar-refractivity contribution in [2.75, 3.05) is 11.4 Å². The summed E-state index contributed by atoms with van der Waals surface area (Å²) in [5.41, 5.74) is 3.62. The molecule has 0 aromatic heterocycles. The number of ether oxygens (including phenoxy) is 1. The van der Waals surface area contributed by atoms with Crippen molar-refractivity contribution in [3.8, 4) is 5.75 Å². The largest absolute Gasteiger partial charge is 0.426 e. The third-order valence-corrected chi connectivity index (χ3v) is 4.74. The molecule has 0 aliphatic carbocycles. The maximum atomic E-state index is 12.4. The highest BCUT2D eigenvalue weighted by molar-refractivity contribution is 6.00. The molecule has 3 rings (SSSR count). The zero-order chi connectivity index (χ0) is 18.8. The van der Waals surface area contributed by atoms with Gasteiger partial charge in [0.05, 0.1) is 5.92 Å². The van der Waals surface area contributed by atoms with Crippen molar-refractivity contribution in [3.63, 3.8) is 0 Å². The minimum Gasteiger partial charge on any atom is -0.426 e. The lowest BCUT2D eigenvalue weighted by Gasteiger charge is -2.17. The molecule has 0 bridgehead atoms. The molecule has 1 aliphatic heterocycles. The summed E-state index contributed by atoms with van der Waals surface area (Å²) < 4.78 is 5.38. The third-order valence-electron chi connectivity index (χ3n) is 4.74. The second-order valence-electron chi connectivity index (χ2n) is 6.68. The fourth-order valence-electron chi connectivity index (χ4n) is 2.97. The van der Waals surface area contributed by atoms with Crippen LogP contribution in [0.3, 0.4) is 0 Å². The summed E-state index contributed by atoms with van der Waals surface area (Å²) in [7, 11) is 0. The van der Waals surface area contributed by atoms with Gasteiger partial charge >= 0.3 is 5.97 Å². The summed E-state index contributed by atoms with van der Waals surface area (Å²) in [6, 6.07) is 12.2. The van der Waals surface area contributed by atoms with Crippen molar-refractivity contribution in [1.82, 2.24) is 0 Å². The van der Waals surface area contributed by atoms with E-state index >= 15 is 0 Å². The monoisotopic (exact) mass is 351 g/mol. The molecule has 5 nitrogen and oxygen atoms in total. The van der Waals surface area contributed by atoms with Gasteiger partial charge in [-0.25, -0.2) is 0 Å². The average Bonchev–Trinajstić information content (AvgIpc) is 3.00. The highest BCUT2D eigenvalue weighted by Crippen LogP contribution is 2.28. The minimum atomic E-state index is -0.503. The molecule has 0 radical (unpaired) electrons. The molecule has 1 atom stereocenters. The number of hydrogen-bond donors (Lipinski definition) is 0. The highest BCUT2D eigenvalue weighted by Gasteiger charge is 2.36. The van der Waals surface area contributed by atoms with E-state index < -0.39 is 11.9 Å². The van der Waals surface area contributed by atoms with Crippen LogP contribution in [-0.4, -0.2) is 24.2 Å². The number of anilines is 1. The van der Waals surface area contributed by atoms with Gasteiger partial charge in [-0.2, -0.15) is 0 Å². The van der Waals surface area contributed by atoms with Crippen molar-refractivity contribution in [1.29, 1.82) is 0 Å². The summed E-state index contributed by atoms with van der Waals surface area (Å²) in [5.74, 6) is -0.690. The van der Waals surface area contributed by atoms with Gasteiger partial charge in [0.1, 0.15) is 5.75 Å². The maximum Gasteiger partial charge on any atom is 0.316 e. The molecule has 1 amide bonds. The summed E-state index contributed by atoms with van der Waals surface area (Å²) in [6.45, 7) is 5.80. The van der Waals surface area contributed by atoms with Gasteiger partial charge in [-0.05, 0) is 68.3 Å². The molecular weight excluding hydrogens is 330 g/mol. The van der Waals surface area contributed by atoms with Crippen LogP contribution in [0.15, 0.2) is 42.5 Å². The molecule has 1 fully saturated rings. The zero-order valence-corrected chi connectivity index (χ0v) is 15.1. The smallest absolute Gasteiger partial charge is 0.316 e. The molecule has 0 unspecified atom stereocenters. The van der Waals surface area contributed by atoms with Gasteiger partial charge in [-0.1, -0.05) is 6.07 Å². The van der Waals surface area contributed by atoms with Gasteiger partial charge in [-0.15, -0.1) is 0 Å². The molecular formula is C21H21NO4. The Bertz CT molecular complexity index is 870. The zero-order valence-electron chi connectivity index (χ0n) is 15.1. The number of esters is 1. The van der Waals surface area contributed by atoms with Gasteiger partial charge in [0.15, 0.2) is 5.78 Å². The number of rotatable bonds is 4. The van der Waals surface area contributed by atoms with Crippen molar-refractivity contribution in [2.45, 2.75) is 27.2 Å². The first-order valence-corrected chi connectivity index (χ1v) is 8.55. The third kappa shape index (κ3) is 3.67. The molecule has 2 aromatic rings. The first-order valence-electron chi connectivity index (χ1n) is 8.55. The van der Waals surface area contributed by atoms with Crippen LogP contribution in [0.1, 0.15) is 34.8 Å². The number of amides is 1. The normalized spacial score (nSPS) is 16.7. The summed E-state index contributed by atoms with van der Waals surface area (Å²) in [5, 5.41) is 0. The van der Waals surface area contributed by atoms with Crippen LogP contribution in [0, 0.1) is 19.8 Å². The van der Waals surface area contributed by atoms with Crippen LogP contribution in [0.5, 0.6) is 5.75 Å². The molecule has 0 saturated carbocycles. The Hall–Kier alpha value is -2.95. The lowest BCUT2D eigenvalue weighted by atomic mass is 10.1. The molecule has 5 heteroatoms. The Morgan fingerprint density at radius 1 is 1.04 bits per heavy atom. The van der Waals surface area contributed by atoms with E-state index in [4.69, 9.17) is 4.74 Å². The number of benzene rings is 2. The first kappa shape index (κ1) is 17.9. The van der Waals surface area contributed by atoms with E-state index in [1.54, 1.807) is 29.2 Å². The Morgan fingerprint density at radius 3 is 2.35 bits per heavy atom. The van der Waals surface area contributed by atoms with Gasteiger partial charge < -0.3 is 9.64 Å². The number of aryl methyl sites for hydroxylation is 2. The standard InChI is InChI=1S/C21H21NO4/c1-13-4-7-18(10-14(13)2)22-12-17(11-20(22)24)21(25)26-19-8-5-16(6-9-19)15(3)23/h4-10,17H,11-12H2,1-3H3/t17-/m0/s1. The van der Waals surface area contributed by atoms with Gasteiger partial charge in [-0.3, -0.25) is 14.4 Å². The Morgan fingerprint density at radius 2 is 1.73 bits per heavy atom. The Kier molecular flexibility index (Phi) is 4.89. The number of Topliss-reactive ketones (excluding diaryl/α,β-unsaturated/α-hetero) is 1. The van der Waals surface area contributed by atoms with Crippen LogP contribution >= 0.6 is 0 Å². The first-order chi connectivity index (χ1) is 12.3. The van der Waals surface area contributed by atoms with E-state index in [-0.39, 0.29) is 18.1 Å². The fourth-order valence-corrected chi connectivity index (χ4v) is 2.97. The highest BCUT2D eigenvalue weighted by atomic mass is 16.5. The van der Waals surface area contributed by atoms with Crippen molar-refractivity contribution >= 4 is 23.3 Å². The summed E-state index contributed by atoms with van der Waals surface area (Å²) in [4.78, 5) is 37.7. The number of ketones is 1. The van der Waals surface area contributed by atoms with E-state index in [1.807, 2.05) is 32.0 Å². The van der Waals surface area contributed by atoms with Crippen molar-refractivity contribution < 1.29 is 19.1 Å². The second-order valence-corrected chi connectivity index (χ2v) is 6.68. The van der Waals surface area contributed by atoms with Crippen LogP contribution in [0.4, 0.5) is 5.69 Å². The van der Waals surface area contributed by atoms with Gasteiger partial charge in [0.2, 0.25) is 5.91 Å². The molecule has 1 heterocycles. The number of hydrogen-bond acceptors (Lipinski definition) is 4. The van der Waals surface area contributed by atoms with E-state index in [2.05, 4.69) is 0 Å². The molecule has 0 N–H and O–H groups in total. The van der Waals surface area contributed by atoms with E-state index in [1.165, 1.54) is 6.92 Å². The lowest BCUT2D eigenvalue weighted by Crippen LogP contribution is -2.27. The lowest BCUT2D eigenvalue weighted by molar-refractivity contribution is -0.139. The molecule has 2 aromatic carbocycles. The van der Waals surface area contributed by atoms with Crippen molar-refractivity contribution in [2.24, 2.45) is 5.92 Å². The van der Waals surface area contributed by atoms with Gasteiger partial charge in [0, 0.05) is 24.2 Å². The quantitative estimate of drug-likeness (QED) is 0.481. The summed E-state index contributed by atoms with van der Waals surface area (Å²) in [6.07, 6.45) is 0.136. The maximum absolute atomic E-state index is 12.4. The number of carbonyl (C=O) groups is 3. The summed E-state index contributed by atoms with van der Waals surface area (Å²) >= 11 is 0. The number of carbonyl (C=O) groups excluding carboxylic acids is 3. The topological polar surface area (TPSA) is 63.7 Å². The second kappa shape index (κ2) is 7.12. The van der Waals surface area contributed by atoms with E-state index in [0.717, 1.165) is 16.8 Å². The van der Waals surface area contributed by atoms with E-state index in [9.17, 15) is 14.4 Å². The molecule has 1 aliphatic rings. The van der Waals surface area contributed by atoms with Gasteiger partial charge in [0.25, 0.3) is 0 Å². The molecule has 0 spiro atoms. The van der Waals surface area contributed by atoms with E-state index in [0.29, 0.717) is 17.9 Å². The van der Waals surface area contributed by atoms with Crippen LogP contribution < -0.4 is 9.64 Å². The molecule has 134 valence electrons. The van der Waals surface area contributed by atoms with Crippen LogP contribution in [0.2, 0.25) is 0 Å². The Labute approximate surface area is 152 Å². The molecule has 1 saturated heterocycles. The van der Waals surface area contributed by atoms with Crippen LogP contribution in [0.25, 0.3) is 0 Å².